The molecule has 1 atom stereocenters. The molecule has 1 heterocycles. The first-order valence-corrected chi connectivity index (χ1v) is 11.9. The van der Waals surface area contributed by atoms with Gasteiger partial charge in [-0.1, -0.05) is 18.2 Å². The average Bonchev–Trinajstić information content (AvgIpc) is 2.85. The first-order valence-electron chi connectivity index (χ1n) is 10.5. The number of amides is 1. The molecule has 1 amide bonds. The van der Waals surface area contributed by atoms with Gasteiger partial charge >= 0.3 is 11.9 Å². The Bertz CT molecular complexity index is 1440. The van der Waals surface area contributed by atoms with E-state index in [1.807, 2.05) is 0 Å². The zero-order valence-corrected chi connectivity index (χ0v) is 19.9. The molecule has 0 spiro atoms. The number of rotatable bonds is 9. The molecule has 198 valence electrons. The number of H-pyrrole nitrogens is 1. The molecule has 0 aliphatic carbocycles. The van der Waals surface area contributed by atoms with Crippen LogP contribution in [0.15, 0.2) is 75.1 Å². The molecule has 11 nitrogen and oxygen atoms in total. The van der Waals surface area contributed by atoms with Gasteiger partial charge in [0.15, 0.2) is 0 Å². The lowest BCUT2D eigenvalue weighted by molar-refractivity contribution is -0.141. The van der Waals surface area contributed by atoms with Crippen molar-refractivity contribution in [2.75, 3.05) is 7.05 Å². The molecule has 0 aliphatic heterocycles. The van der Waals surface area contributed by atoms with Crippen LogP contribution in [0.3, 0.4) is 0 Å². The van der Waals surface area contributed by atoms with E-state index in [1.54, 1.807) is 30.3 Å². The Morgan fingerprint density at radius 2 is 1.70 bits per heavy atom. The predicted octanol–water partition coefficient (Wildman–Crippen LogP) is 1.93. The van der Waals surface area contributed by atoms with Gasteiger partial charge in [-0.05, 0) is 42.8 Å². The van der Waals surface area contributed by atoms with Crippen molar-refractivity contribution in [2.24, 2.45) is 0 Å². The van der Waals surface area contributed by atoms with Crippen LogP contribution in [-0.2, 0) is 27.5 Å². The molecule has 0 unspecified atom stereocenters. The SMILES string of the molecule is CN([C@@H](CCn1c(=O)cc(C(F)(F)F)[nH]c1=O)C(=O)NO)S(=O)(=O)c1ccc(Oc2ccccc2)cc1. The topological polar surface area (TPSA) is 151 Å². The minimum atomic E-state index is -4.97. The molecular formula is C22H21F3N4O7S. The quantitative estimate of drug-likeness (QED) is 0.276. The third kappa shape index (κ3) is 6.44. The van der Waals surface area contributed by atoms with E-state index in [2.05, 4.69) is 0 Å². The van der Waals surface area contributed by atoms with Crippen LogP contribution in [0.5, 0.6) is 11.5 Å². The van der Waals surface area contributed by atoms with Gasteiger partial charge in [-0.3, -0.25) is 19.4 Å². The highest BCUT2D eigenvalue weighted by Gasteiger charge is 2.35. The second-order valence-electron chi connectivity index (χ2n) is 7.66. The summed E-state index contributed by atoms with van der Waals surface area (Å²) in [5.74, 6) is -0.340. The fraction of sp³-hybridized carbons (Fsp3) is 0.227. The largest absolute Gasteiger partial charge is 0.457 e. The van der Waals surface area contributed by atoms with Crippen LogP contribution in [0, 0.1) is 0 Å². The summed E-state index contributed by atoms with van der Waals surface area (Å²) >= 11 is 0. The molecule has 0 saturated carbocycles. The molecule has 0 fully saturated rings. The van der Waals surface area contributed by atoms with E-state index in [-0.39, 0.29) is 11.0 Å². The first-order chi connectivity index (χ1) is 17.3. The molecule has 0 saturated heterocycles. The van der Waals surface area contributed by atoms with Gasteiger partial charge in [-0.2, -0.15) is 17.5 Å². The van der Waals surface area contributed by atoms with Crippen LogP contribution in [0.1, 0.15) is 12.1 Å². The van der Waals surface area contributed by atoms with Crippen molar-refractivity contribution >= 4 is 15.9 Å². The van der Waals surface area contributed by atoms with Crippen molar-refractivity contribution in [1.82, 2.24) is 19.3 Å². The number of carbonyl (C=O) groups is 1. The molecule has 0 aliphatic rings. The molecule has 37 heavy (non-hydrogen) atoms. The average molecular weight is 542 g/mol. The molecule has 3 aromatic rings. The first kappa shape index (κ1) is 27.6. The fourth-order valence-electron chi connectivity index (χ4n) is 3.33. The molecule has 0 radical (unpaired) electrons. The van der Waals surface area contributed by atoms with Gasteiger partial charge in [0.1, 0.15) is 23.2 Å². The van der Waals surface area contributed by atoms with E-state index in [9.17, 15) is 36.0 Å². The van der Waals surface area contributed by atoms with Crippen molar-refractivity contribution in [3.8, 4) is 11.5 Å². The van der Waals surface area contributed by atoms with Gasteiger partial charge in [0.25, 0.3) is 11.5 Å². The molecule has 1 aromatic heterocycles. The number of sulfonamides is 1. The number of hydrogen-bond acceptors (Lipinski definition) is 7. The van der Waals surface area contributed by atoms with Crippen LogP contribution in [-0.4, -0.2) is 46.5 Å². The van der Waals surface area contributed by atoms with Crippen LogP contribution < -0.4 is 21.5 Å². The Labute approximate surface area is 207 Å². The van der Waals surface area contributed by atoms with Crippen LogP contribution in [0.2, 0.25) is 0 Å². The van der Waals surface area contributed by atoms with Crippen molar-refractivity contribution in [3.63, 3.8) is 0 Å². The van der Waals surface area contributed by atoms with Gasteiger partial charge in [0, 0.05) is 19.7 Å². The zero-order chi connectivity index (χ0) is 27.4. The molecule has 2 aromatic carbocycles. The van der Waals surface area contributed by atoms with Crippen molar-refractivity contribution in [3.05, 3.63) is 87.2 Å². The van der Waals surface area contributed by atoms with Gasteiger partial charge in [0.2, 0.25) is 10.0 Å². The number of alkyl halides is 3. The number of nitrogens with zero attached hydrogens (tertiary/aromatic N) is 2. The van der Waals surface area contributed by atoms with Gasteiger partial charge in [0.05, 0.1) is 4.90 Å². The Hall–Kier alpha value is -3.95. The number of aromatic amines is 1. The third-order valence-corrected chi connectivity index (χ3v) is 7.16. The Morgan fingerprint density at radius 3 is 2.24 bits per heavy atom. The normalized spacial score (nSPS) is 12.8. The number of aromatic nitrogens is 2. The number of hydroxylamine groups is 1. The number of nitrogens with one attached hydrogen (secondary N) is 2. The Kier molecular flexibility index (Phi) is 8.20. The Morgan fingerprint density at radius 1 is 1.11 bits per heavy atom. The lowest BCUT2D eigenvalue weighted by atomic mass is 10.2. The van der Waals surface area contributed by atoms with Crippen molar-refractivity contribution in [1.29, 1.82) is 0 Å². The van der Waals surface area contributed by atoms with E-state index in [0.717, 1.165) is 7.05 Å². The highest BCUT2D eigenvalue weighted by atomic mass is 32.2. The van der Waals surface area contributed by atoms with E-state index >= 15 is 0 Å². The molecular weight excluding hydrogens is 521 g/mol. The lowest BCUT2D eigenvalue weighted by Gasteiger charge is -2.26. The van der Waals surface area contributed by atoms with Gasteiger partial charge < -0.3 is 9.72 Å². The summed E-state index contributed by atoms with van der Waals surface area (Å²) in [5, 5.41) is 9.10. The summed E-state index contributed by atoms with van der Waals surface area (Å²) < 4.78 is 71.2. The highest BCUT2D eigenvalue weighted by Crippen LogP contribution is 2.26. The summed E-state index contributed by atoms with van der Waals surface area (Å²) in [7, 11) is -3.32. The molecule has 0 bridgehead atoms. The van der Waals surface area contributed by atoms with Gasteiger partial charge in [-0.15, -0.1) is 0 Å². The standard InChI is InChI=1S/C22H21F3N4O7S/c1-28(37(34,35)16-9-7-15(8-10-16)36-14-5-3-2-4-6-14)17(20(31)27-33)11-12-29-19(30)13-18(22(23,24)25)26-21(29)32/h2-10,13,17,33H,11-12H2,1H3,(H,26,32)(H,27,31)/t17-/m0/s1. The van der Waals surface area contributed by atoms with Crippen LogP contribution >= 0.6 is 0 Å². The van der Waals surface area contributed by atoms with E-state index < -0.39 is 58.1 Å². The predicted molar refractivity (Wildman–Crippen MR) is 123 cm³/mol. The summed E-state index contributed by atoms with van der Waals surface area (Å²) in [6.45, 7) is -0.631. The van der Waals surface area contributed by atoms with Crippen LogP contribution in [0.25, 0.3) is 0 Å². The molecule has 3 N–H and O–H groups in total. The lowest BCUT2D eigenvalue weighted by Crippen LogP contribution is -2.48. The fourth-order valence-corrected chi connectivity index (χ4v) is 4.68. The smallest absolute Gasteiger partial charge is 0.431 e. The summed E-state index contributed by atoms with van der Waals surface area (Å²) in [6, 6.07) is 12.4. The summed E-state index contributed by atoms with van der Waals surface area (Å²) in [4.78, 5) is 37.6. The monoisotopic (exact) mass is 542 g/mol. The number of carbonyl (C=O) groups excluding carboxylic acids is 1. The van der Waals surface area contributed by atoms with Crippen molar-refractivity contribution in [2.45, 2.75) is 30.1 Å². The minimum Gasteiger partial charge on any atom is -0.457 e. The maximum Gasteiger partial charge on any atom is 0.431 e. The maximum absolute atomic E-state index is 13.1. The van der Waals surface area contributed by atoms with Crippen molar-refractivity contribution < 1.29 is 36.3 Å². The van der Waals surface area contributed by atoms with E-state index in [1.165, 1.54) is 34.7 Å². The number of para-hydroxylation sites is 1. The second-order valence-corrected chi connectivity index (χ2v) is 9.66. The second kappa shape index (κ2) is 11.0. The number of benzene rings is 2. The third-order valence-electron chi connectivity index (χ3n) is 5.28. The minimum absolute atomic E-state index is 0.169. The zero-order valence-electron chi connectivity index (χ0n) is 19.1. The summed E-state index contributed by atoms with van der Waals surface area (Å²) in [5.41, 5.74) is -2.95. The number of hydrogen-bond donors (Lipinski definition) is 3. The summed E-state index contributed by atoms with van der Waals surface area (Å²) in [6.07, 6.45) is -5.50. The molecule has 3 rings (SSSR count). The number of halogens is 3. The van der Waals surface area contributed by atoms with Crippen LogP contribution in [0.4, 0.5) is 13.2 Å². The Balaban J connectivity index is 1.82. The van der Waals surface area contributed by atoms with E-state index in [4.69, 9.17) is 9.94 Å². The maximum atomic E-state index is 13.1. The molecule has 15 heteroatoms. The number of ether oxygens (including phenoxy) is 1. The van der Waals surface area contributed by atoms with E-state index in [0.29, 0.717) is 20.4 Å². The number of likely N-dealkylation sites (N-methyl/N-ethyl adjacent to an activating group) is 1. The highest BCUT2D eigenvalue weighted by molar-refractivity contribution is 7.89. The van der Waals surface area contributed by atoms with Gasteiger partial charge in [-0.25, -0.2) is 18.7 Å².